The zero-order valence-electron chi connectivity index (χ0n) is 10.7. The van der Waals surface area contributed by atoms with Gasteiger partial charge in [-0.2, -0.15) is 0 Å². The fourth-order valence-corrected chi connectivity index (χ4v) is 2.07. The fourth-order valence-electron chi connectivity index (χ4n) is 1.79. The summed E-state index contributed by atoms with van der Waals surface area (Å²) in [7, 11) is 1.32. The Hall–Kier alpha value is -1.94. The van der Waals surface area contributed by atoms with Crippen molar-refractivity contribution < 1.29 is 13.9 Å². The van der Waals surface area contributed by atoms with Gasteiger partial charge in [0.1, 0.15) is 0 Å². The monoisotopic (exact) mass is 279 g/mol. The van der Waals surface area contributed by atoms with Crippen molar-refractivity contribution in [1.29, 1.82) is 0 Å². The van der Waals surface area contributed by atoms with Crippen LogP contribution < -0.4 is 5.32 Å². The molecule has 0 aliphatic heterocycles. The number of hydrogen-bond donors (Lipinski definition) is 1. The van der Waals surface area contributed by atoms with E-state index in [1.54, 1.807) is 6.07 Å². The Morgan fingerprint density at radius 3 is 2.89 bits per heavy atom. The molecule has 1 aromatic heterocycles. The van der Waals surface area contributed by atoms with E-state index in [-0.39, 0.29) is 5.76 Å². The minimum absolute atomic E-state index is 0.208. The molecule has 0 radical (unpaired) electrons. The van der Waals surface area contributed by atoms with Crippen molar-refractivity contribution >= 4 is 23.3 Å². The molecule has 4 nitrogen and oxygen atoms in total. The zero-order chi connectivity index (χ0) is 13.8. The Labute approximate surface area is 116 Å². The highest BCUT2D eigenvalue weighted by atomic mass is 35.5. The smallest absolute Gasteiger partial charge is 0.374 e. The number of aryl methyl sites for hydroxylation is 1. The number of esters is 1. The summed E-state index contributed by atoms with van der Waals surface area (Å²) in [5.41, 5.74) is 2.61. The third-order valence-electron chi connectivity index (χ3n) is 2.80. The van der Waals surface area contributed by atoms with E-state index >= 15 is 0 Å². The molecule has 0 aliphatic carbocycles. The van der Waals surface area contributed by atoms with Gasteiger partial charge < -0.3 is 14.5 Å². The molecule has 0 saturated carbocycles. The van der Waals surface area contributed by atoms with Gasteiger partial charge in [0.2, 0.25) is 5.76 Å². The number of furan rings is 1. The number of ether oxygens (including phenoxy) is 1. The first-order valence-corrected chi connectivity index (χ1v) is 6.15. The van der Waals surface area contributed by atoms with E-state index in [4.69, 9.17) is 16.0 Å². The Kier molecular flexibility index (Phi) is 4.12. The van der Waals surface area contributed by atoms with Crippen molar-refractivity contribution in [3.8, 4) is 0 Å². The van der Waals surface area contributed by atoms with E-state index in [1.807, 2.05) is 25.1 Å². The zero-order valence-corrected chi connectivity index (χ0v) is 11.5. The van der Waals surface area contributed by atoms with Crippen molar-refractivity contribution in [3.05, 3.63) is 52.4 Å². The average molecular weight is 280 g/mol. The lowest BCUT2D eigenvalue weighted by molar-refractivity contribution is 0.0563. The second kappa shape index (κ2) is 5.80. The van der Waals surface area contributed by atoms with E-state index in [0.29, 0.717) is 11.6 Å². The number of methoxy groups -OCH3 is 1. The van der Waals surface area contributed by atoms with Crippen molar-refractivity contribution in [1.82, 2.24) is 0 Å². The molecular weight excluding hydrogens is 266 g/mol. The number of carbonyl (C=O) groups excluding carboxylic acids is 1. The number of nitrogens with one attached hydrogen (secondary N) is 1. The molecule has 1 heterocycles. The molecule has 5 heteroatoms. The van der Waals surface area contributed by atoms with E-state index in [1.165, 1.54) is 13.4 Å². The van der Waals surface area contributed by atoms with Crippen LogP contribution in [0, 0.1) is 6.92 Å². The molecule has 2 rings (SSSR count). The van der Waals surface area contributed by atoms with E-state index in [0.717, 1.165) is 16.8 Å². The van der Waals surface area contributed by atoms with Gasteiger partial charge in [0.25, 0.3) is 0 Å². The van der Waals surface area contributed by atoms with Gasteiger partial charge in [-0.1, -0.05) is 23.7 Å². The van der Waals surface area contributed by atoms with Crippen molar-refractivity contribution in [3.63, 3.8) is 0 Å². The number of benzene rings is 1. The summed E-state index contributed by atoms with van der Waals surface area (Å²) in [6.45, 7) is 2.40. The topological polar surface area (TPSA) is 51.5 Å². The molecule has 0 amide bonds. The molecule has 1 N–H and O–H groups in total. The molecule has 0 fully saturated rings. The van der Waals surface area contributed by atoms with Gasteiger partial charge >= 0.3 is 5.97 Å². The van der Waals surface area contributed by atoms with Gasteiger partial charge in [-0.3, -0.25) is 0 Å². The van der Waals surface area contributed by atoms with Crippen LogP contribution in [0.15, 0.2) is 34.9 Å². The number of halogens is 1. The van der Waals surface area contributed by atoms with Gasteiger partial charge in [0.05, 0.1) is 24.1 Å². The predicted octanol–water partition coefficient (Wildman–Crippen LogP) is 3.64. The average Bonchev–Trinajstić information content (AvgIpc) is 2.85. The standard InChI is InChI=1S/C14H14ClNO3/c1-9-4-3-5-11(15)12(9)16-8-10-6-7-19-13(10)14(17)18-2/h3-7,16H,8H2,1-2H3. The largest absolute Gasteiger partial charge is 0.463 e. The van der Waals surface area contributed by atoms with Gasteiger partial charge in [-0.15, -0.1) is 0 Å². The summed E-state index contributed by atoms with van der Waals surface area (Å²) in [5.74, 6) is -0.280. The lowest BCUT2D eigenvalue weighted by Crippen LogP contribution is -2.07. The van der Waals surface area contributed by atoms with Crippen LogP contribution >= 0.6 is 11.6 Å². The van der Waals surface area contributed by atoms with Crippen LogP contribution in [0.1, 0.15) is 21.7 Å². The lowest BCUT2D eigenvalue weighted by Gasteiger charge is -2.11. The molecule has 19 heavy (non-hydrogen) atoms. The van der Waals surface area contributed by atoms with Gasteiger partial charge in [-0.25, -0.2) is 4.79 Å². The maximum Gasteiger partial charge on any atom is 0.374 e. The highest BCUT2D eigenvalue weighted by Crippen LogP contribution is 2.26. The van der Waals surface area contributed by atoms with Crippen molar-refractivity contribution in [2.75, 3.05) is 12.4 Å². The molecule has 1 aromatic carbocycles. The summed E-state index contributed by atoms with van der Waals surface area (Å²) in [6.07, 6.45) is 1.46. The van der Waals surface area contributed by atoms with Crippen LogP contribution in [0.5, 0.6) is 0 Å². The SMILES string of the molecule is COC(=O)c1occc1CNc1c(C)cccc1Cl. The molecule has 0 atom stereocenters. The predicted molar refractivity (Wildman–Crippen MR) is 73.6 cm³/mol. The summed E-state index contributed by atoms with van der Waals surface area (Å²) in [6, 6.07) is 7.39. The van der Waals surface area contributed by atoms with E-state index < -0.39 is 5.97 Å². The Morgan fingerprint density at radius 2 is 2.21 bits per heavy atom. The minimum Gasteiger partial charge on any atom is -0.463 e. The van der Waals surface area contributed by atoms with Crippen molar-refractivity contribution in [2.24, 2.45) is 0 Å². The first-order valence-electron chi connectivity index (χ1n) is 5.77. The summed E-state index contributed by atoms with van der Waals surface area (Å²) >= 11 is 6.12. The molecule has 0 spiro atoms. The summed E-state index contributed by atoms with van der Waals surface area (Å²) in [4.78, 5) is 11.5. The van der Waals surface area contributed by atoms with Crippen molar-refractivity contribution in [2.45, 2.75) is 13.5 Å². The number of anilines is 1. The molecule has 0 bridgehead atoms. The third kappa shape index (κ3) is 2.90. The minimum atomic E-state index is -0.488. The molecule has 100 valence electrons. The second-order valence-electron chi connectivity index (χ2n) is 4.05. The maximum atomic E-state index is 11.5. The maximum absolute atomic E-state index is 11.5. The quantitative estimate of drug-likeness (QED) is 0.868. The van der Waals surface area contributed by atoms with Crippen LogP contribution in [0.4, 0.5) is 5.69 Å². The van der Waals surface area contributed by atoms with E-state index in [9.17, 15) is 4.79 Å². The van der Waals surface area contributed by atoms with E-state index in [2.05, 4.69) is 10.1 Å². The van der Waals surface area contributed by atoms with Crippen LogP contribution in [-0.4, -0.2) is 13.1 Å². The number of para-hydroxylation sites is 1. The Balaban J connectivity index is 2.15. The number of carbonyl (C=O) groups is 1. The first-order chi connectivity index (χ1) is 9.13. The fraction of sp³-hybridized carbons (Fsp3) is 0.214. The van der Waals surface area contributed by atoms with Gasteiger partial charge in [0, 0.05) is 12.1 Å². The normalized spacial score (nSPS) is 10.3. The number of hydrogen-bond acceptors (Lipinski definition) is 4. The molecule has 0 saturated heterocycles. The van der Waals surface area contributed by atoms with Gasteiger partial charge in [0.15, 0.2) is 0 Å². The van der Waals surface area contributed by atoms with Crippen LogP contribution in [-0.2, 0) is 11.3 Å². The molecule has 0 unspecified atom stereocenters. The Bertz CT molecular complexity index is 572. The Morgan fingerprint density at radius 1 is 1.42 bits per heavy atom. The highest BCUT2D eigenvalue weighted by Gasteiger charge is 2.15. The lowest BCUT2D eigenvalue weighted by atomic mass is 10.2. The third-order valence-corrected chi connectivity index (χ3v) is 3.11. The second-order valence-corrected chi connectivity index (χ2v) is 4.46. The highest BCUT2D eigenvalue weighted by molar-refractivity contribution is 6.33. The van der Waals surface area contributed by atoms with Gasteiger partial charge in [-0.05, 0) is 24.6 Å². The van der Waals surface area contributed by atoms with Crippen LogP contribution in [0.2, 0.25) is 5.02 Å². The molecular formula is C14H14ClNO3. The summed E-state index contributed by atoms with van der Waals surface area (Å²) < 4.78 is 9.77. The molecule has 2 aromatic rings. The number of rotatable bonds is 4. The first kappa shape index (κ1) is 13.5. The molecule has 0 aliphatic rings. The summed E-state index contributed by atoms with van der Waals surface area (Å²) in [5, 5.41) is 3.85. The van der Waals surface area contributed by atoms with Crippen LogP contribution in [0.3, 0.4) is 0 Å². The van der Waals surface area contributed by atoms with Crippen LogP contribution in [0.25, 0.3) is 0 Å².